The van der Waals surface area contributed by atoms with Crippen LogP contribution in [0, 0.1) is 0 Å². The fraction of sp³-hybridized carbons (Fsp3) is 0.130. The monoisotopic (exact) mass is 386 g/mol. The topological polar surface area (TPSA) is 63.3 Å². The molecule has 0 atom stereocenters. The third kappa shape index (κ3) is 4.93. The first kappa shape index (κ1) is 18.6. The maximum Gasteiger partial charge on any atom is 0.318 e. The van der Waals surface area contributed by atoms with Crippen LogP contribution in [0.4, 0.5) is 4.79 Å². The van der Waals surface area contributed by atoms with Gasteiger partial charge in [-0.1, -0.05) is 48.5 Å². The van der Waals surface area contributed by atoms with Crippen molar-refractivity contribution in [2.75, 3.05) is 0 Å². The average molecular weight is 386 g/mol. The number of para-hydroxylation sites is 1. The van der Waals surface area contributed by atoms with Crippen LogP contribution in [-0.4, -0.2) is 20.7 Å². The quantitative estimate of drug-likeness (QED) is 0.513. The first-order chi connectivity index (χ1) is 14.3. The lowest BCUT2D eigenvalue weighted by atomic mass is 10.2. The highest BCUT2D eigenvalue weighted by atomic mass is 16.3. The van der Waals surface area contributed by atoms with Crippen molar-refractivity contribution in [3.05, 3.63) is 108 Å². The summed E-state index contributed by atoms with van der Waals surface area (Å²) in [5.41, 5.74) is 2.97. The molecule has 0 aliphatic rings. The summed E-state index contributed by atoms with van der Waals surface area (Å²) in [5, 5.41) is 7.36. The normalized spacial score (nSPS) is 10.6. The molecule has 0 bridgehead atoms. The van der Waals surface area contributed by atoms with E-state index in [2.05, 4.69) is 10.4 Å². The Labute approximate surface area is 169 Å². The third-order valence-corrected chi connectivity index (χ3v) is 4.53. The summed E-state index contributed by atoms with van der Waals surface area (Å²) in [5.74, 6) is 0.743. The molecule has 4 aromatic rings. The van der Waals surface area contributed by atoms with Crippen molar-refractivity contribution < 1.29 is 9.21 Å². The van der Waals surface area contributed by atoms with Crippen LogP contribution < -0.4 is 5.32 Å². The standard InChI is InChI=1S/C23H22N4O2/c28-23(24-14-20-15-25-27(17-20)21-10-5-2-6-11-21)26(18-22-12-7-13-29-22)16-19-8-3-1-4-9-19/h1-13,15,17H,14,16,18H2,(H,24,28). The van der Waals surface area contributed by atoms with E-state index in [9.17, 15) is 4.79 Å². The SMILES string of the molecule is O=C(NCc1cnn(-c2ccccc2)c1)N(Cc1ccccc1)Cc1ccco1. The van der Waals surface area contributed by atoms with Crippen LogP contribution in [0.1, 0.15) is 16.9 Å². The molecule has 0 saturated heterocycles. The number of rotatable bonds is 7. The van der Waals surface area contributed by atoms with Gasteiger partial charge in [0.1, 0.15) is 5.76 Å². The van der Waals surface area contributed by atoms with Gasteiger partial charge in [0, 0.05) is 24.8 Å². The van der Waals surface area contributed by atoms with Gasteiger partial charge in [0.05, 0.1) is 24.7 Å². The minimum atomic E-state index is -0.155. The van der Waals surface area contributed by atoms with Gasteiger partial charge >= 0.3 is 6.03 Å². The lowest BCUT2D eigenvalue weighted by Crippen LogP contribution is -2.38. The van der Waals surface area contributed by atoms with E-state index >= 15 is 0 Å². The fourth-order valence-corrected chi connectivity index (χ4v) is 3.06. The zero-order valence-electron chi connectivity index (χ0n) is 15.9. The van der Waals surface area contributed by atoms with Crippen LogP contribution in [0.15, 0.2) is 95.9 Å². The second-order valence-electron chi connectivity index (χ2n) is 6.71. The minimum absolute atomic E-state index is 0.155. The van der Waals surface area contributed by atoms with Gasteiger partial charge in [0.25, 0.3) is 0 Å². The van der Waals surface area contributed by atoms with Crippen molar-refractivity contribution in [2.45, 2.75) is 19.6 Å². The number of nitrogens with zero attached hydrogens (tertiary/aromatic N) is 3. The first-order valence-corrected chi connectivity index (χ1v) is 9.46. The molecule has 2 heterocycles. The molecule has 0 fully saturated rings. The molecule has 0 aliphatic carbocycles. The van der Waals surface area contributed by atoms with E-state index in [1.807, 2.05) is 79.0 Å². The molecule has 0 saturated carbocycles. The number of aromatic nitrogens is 2. The zero-order valence-corrected chi connectivity index (χ0v) is 15.9. The van der Waals surface area contributed by atoms with E-state index in [4.69, 9.17) is 4.42 Å². The van der Waals surface area contributed by atoms with Gasteiger partial charge < -0.3 is 14.6 Å². The Balaban J connectivity index is 1.41. The molecule has 0 aliphatic heterocycles. The lowest BCUT2D eigenvalue weighted by molar-refractivity contribution is 0.187. The molecule has 0 radical (unpaired) electrons. The van der Waals surface area contributed by atoms with Crippen molar-refractivity contribution in [3.8, 4) is 5.69 Å². The van der Waals surface area contributed by atoms with E-state index in [1.54, 1.807) is 22.0 Å². The molecule has 2 amide bonds. The summed E-state index contributed by atoms with van der Waals surface area (Å²) in [6.07, 6.45) is 5.30. The summed E-state index contributed by atoms with van der Waals surface area (Å²) in [6.45, 7) is 1.29. The number of carbonyl (C=O) groups excluding carboxylic acids is 1. The summed E-state index contributed by atoms with van der Waals surface area (Å²) in [7, 11) is 0. The average Bonchev–Trinajstić information content (AvgIpc) is 3.45. The minimum Gasteiger partial charge on any atom is -0.467 e. The number of carbonyl (C=O) groups is 1. The Bertz CT molecular complexity index is 1030. The van der Waals surface area contributed by atoms with E-state index in [0.717, 1.165) is 22.6 Å². The number of furan rings is 1. The molecule has 6 nitrogen and oxygen atoms in total. The van der Waals surface area contributed by atoms with Gasteiger partial charge in [-0.05, 0) is 29.8 Å². The maximum atomic E-state index is 12.9. The molecule has 0 spiro atoms. The van der Waals surface area contributed by atoms with E-state index in [1.165, 1.54) is 0 Å². The van der Waals surface area contributed by atoms with Crippen LogP contribution in [0.5, 0.6) is 0 Å². The molecule has 146 valence electrons. The predicted molar refractivity (Wildman–Crippen MR) is 110 cm³/mol. The first-order valence-electron chi connectivity index (χ1n) is 9.46. The van der Waals surface area contributed by atoms with Gasteiger partial charge in [-0.2, -0.15) is 5.10 Å². The Hall–Kier alpha value is -3.80. The van der Waals surface area contributed by atoms with Crippen LogP contribution in [0.3, 0.4) is 0 Å². The summed E-state index contributed by atoms with van der Waals surface area (Å²) in [6, 6.07) is 23.3. The second kappa shape index (κ2) is 8.93. The number of hydrogen-bond acceptors (Lipinski definition) is 3. The molecule has 1 N–H and O–H groups in total. The molecular weight excluding hydrogens is 364 g/mol. The Morgan fingerprint density at radius 2 is 1.69 bits per heavy atom. The fourth-order valence-electron chi connectivity index (χ4n) is 3.06. The highest BCUT2D eigenvalue weighted by molar-refractivity contribution is 5.74. The van der Waals surface area contributed by atoms with Gasteiger partial charge in [0.2, 0.25) is 0 Å². The molecular formula is C23H22N4O2. The predicted octanol–water partition coefficient (Wildman–Crippen LogP) is 4.38. The molecule has 29 heavy (non-hydrogen) atoms. The van der Waals surface area contributed by atoms with Gasteiger partial charge in [-0.3, -0.25) is 0 Å². The number of nitrogens with one attached hydrogen (secondary N) is 1. The zero-order chi connectivity index (χ0) is 19.9. The van der Waals surface area contributed by atoms with Crippen molar-refractivity contribution in [1.82, 2.24) is 20.0 Å². The van der Waals surface area contributed by atoms with Gasteiger partial charge in [-0.25, -0.2) is 9.48 Å². The largest absolute Gasteiger partial charge is 0.467 e. The van der Waals surface area contributed by atoms with Crippen molar-refractivity contribution in [2.24, 2.45) is 0 Å². The van der Waals surface area contributed by atoms with E-state index in [0.29, 0.717) is 19.6 Å². The molecule has 2 aromatic heterocycles. The van der Waals surface area contributed by atoms with Crippen LogP contribution in [0.25, 0.3) is 5.69 Å². The van der Waals surface area contributed by atoms with E-state index < -0.39 is 0 Å². The highest BCUT2D eigenvalue weighted by Gasteiger charge is 2.16. The smallest absolute Gasteiger partial charge is 0.318 e. The van der Waals surface area contributed by atoms with Gasteiger partial charge in [-0.15, -0.1) is 0 Å². The maximum absolute atomic E-state index is 12.9. The Morgan fingerprint density at radius 3 is 2.41 bits per heavy atom. The number of urea groups is 1. The Kier molecular flexibility index (Phi) is 5.71. The van der Waals surface area contributed by atoms with Crippen molar-refractivity contribution in [1.29, 1.82) is 0 Å². The molecule has 4 rings (SSSR count). The molecule has 6 heteroatoms. The summed E-state index contributed by atoms with van der Waals surface area (Å²) >= 11 is 0. The van der Waals surface area contributed by atoms with Crippen LogP contribution in [0.2, 0.25) is 0 Å². The third-order valence-electron chi connectivity index (χ3n) is 4.53. The number of hydrogen-bond donors (Lipinski definition) is 1. The highest BCUT2D eigenvalue weighted by Crippen LogP contribution is 2.12. The molecule has 2 aromatic carbocycles. The number of amides is 2. The summed E-state index contributed by atoms with van der Waals surface area (Å²) in [4.78, 5) is 14.6. The van der Waals surface area contributed by atoms with Gasteiger partial charge in [0.15, 0.2) is 0 Å². The van der Waals surface area contributed by atoms with Crippen LogP contribution in [-0.2, 0) is 19.6 Å². The second-order valence-corrected chi connectivity index (χ2v) is 6.71. The van der Waals surface area contributed by atoms with Crippen LogP contribution >= 0.6 is 0 Å². The van der Waals surface area contributed by atoms with Crippen molar-refractivity contribution in [3.63, 3.8) is 0 Å². The number of benzene rings is 2. The lowest BCUT2D eigenvalue weighted by Gasteiger charge is -2.22. The van der Waals surface area contributed by atoms with Crippen molar-refractivity contribution >= 4 is 6.03 Å². The Morgan fingerprint density at radius 1 is 0.931 bits per heavy atom. The molecule has 0 unspecified atom stereocenters. The summed E-state index contributed by atoms with van der Waals surface area (Å²) < 4.78 is 7.23. The van der Waals surface area contributed by atoms with E-state index in [-0.39, 0.29) is 6.03 Å².